The van der Waals surface area contributed by atoms with Crippen LogP contribution in [0.2, 0.25) is 0 Å². The van der Waals surface area contributed by atoms with E-state index in [0.717, 1.165) is 5.56 Å². The minimum Gasteiger partial charge on any atom is -0.497 e. The molecule has 0 aliphatic rings. The van der Waals surface area contributed by atoms with Gasteiger partial charge in [0.05, 0.1) is 12.7 Å². The van der Waals surface area contributed by atoms with E-state index in [0.29, 0.717) is 28.7 Å². The van der Waals surface area contributed by atoms with Crippen molar-refractivity contribution < 1.29 is 18.7 Å². The summed E-state index contributed by atoms with van der Waals surface area (Å²) in [5.74, 6) is 1.91. The number of nitrogens with zero attached hydrogens (tertiary/aromatic N) is 2. The number of imidazole rings is 1. The molecule has 0 saturated carbocycles. The summed E-state index contributed by atoms with van der Waals surface area (Å²) in [6.07, 6.45) is 3.43. The van der Waals surface area contributed by atoms with Gasteiger partial charge in [-0.1, -0.05) is 12.1 Å². The Hall–Kier alpha value is -3.75. The quantitative estimate of drug-likeness (QED) is 0.573. The number of aryl methyl sites for hydroxylation is 3. The number of carbonyl (C=O) groups excluding carboxylic acids is 2. The highest BCUT2D eigenvalue weighted by Crippen LogP contribution is 2.24. The number of methoxy groups -OCH3 is 1. The normalized spacial score (nSPS) is 11.6. The first-order chi connectivity index (χ1) is 13.9. The number of furan rings is 1. The lowest BCUT2D eigenvalue weighted by molar-refractivity contribution is 0.0934. The minimum atomic E-state index is -0.591. The maximum Gasteiger partial charge on any atom is 0.334 e. The average Bonchev–Trinajstić information content (AvgIpc) is 3.28. The lowest BCUT2D eigenvalue weighted by atomic mass is 10.1. The third-order valence-corrected chi connectivity index (χ3v) is 4.39. The zero-order valence-electron chi connectivity index (χ0n) is 16.6. The number of amides is 3. The van der Waals surface area contributed by atoms with Gasteiger partial charge in [-0.05, 0) is 37.6 Å². The number of hydrazine groups is 1. The van der Waals surface area contributed by atoms with E-state index in [1.54, 1.807) is 44.0 Å². The minimum absolute atomic E-state index is 0.358. The van der Waals surface area contributed by atoms with Crippen molar-refractivity contribution in [2.45, 2.75) is 19.9 Å². The van der Waals surface area contributed by atoms with Gasteiger partial charge in [0, 0.05) is 19.4 Å². The molecule has 0 bridgehead atoms. The lowest BCUT2D eigenvalue weighted by Gasteiger charge is -2.20. The van der Waals surface area contributed by atoms with E-state index in [9.17, 15) is 9.59 Å². The molecule has 1 atom stereocenters. The van der Waals surface area contributed by atoms with Gasteiger partial charge in [0.1, 0.15) is 29.1 Å². The molecule has 3 aromatic rings. The highest BCUT2D eigenvalue weighted by atomic mass is 16.5. The lowest BCUT2D eigenvalue weighted by Crippen LogP contribution is -2.48. The van der Waals surface area contributed by atoms with E-state index >= 15 is 0 Å². The molecule has 3 N–H and O–H groups in total. The van der Waals surface area contributed by atoms with Crippen LogP contribution in [0.25, 0.3) is 0 Å². The Labute approximate surface area is 168 Å². The molecule has 29 heavy (non-hydrogen) atoms. The Bertz CT molecular complexity index is 1020. The number of urea groups is 1. The summed E-state index contributed by atoms with van der Waals surface area (Å²) in [6, 6.07) is 7.78. The van der Waals surface area contributed by atoms with Crippen molar-refractivity contribution in [1.29, 1.82) is 0 Å². The first-order valence-electron chi connectivity index (χ1n) is 8.94. The maximum atomic E-state index is 12.5. The van der Waals surface area contributed by atoms with Gasteiger partial charge < -0.3 is 19.0 Å². The van der Waals surface area contributed by atoms with Crippen molar-refractivity contribution in [2.24, 2.45) is 7.05 Å². The van der Waals surface area contributed by atoms with Gasteiger partial charge in [-0.25, -0.2) is 15.2 Å². The van der Waals surface area contributed by atoms with Crippen LogP contribution in [-0.2, 0) is 7.05 Å². The number of hydrogen-bond donors (Lipinski definition) is 3. The van der Waals surface area contributed by atoms with Gasteiger partial charge in [-0.15, -0.1) is 0 Å². The molecular formula is C20H23N5O4. The van der Waals surface area contributed by atoms with E-state index in [-0.39, 0.29) is 0 Å². The Balaban J connectivity index is 1.74. The van der Waals surface area contributed by atoms with Crippen LogP contribution in [0, 0.1) is 13.8 Å². The summed E-state index contributed by atoms with van der Waals surface area (Å²) in [6.45, 7) is 3.43. The van der Waals surface area contributed by atoms with Crippen LogP contribution < -0.4 is 20.9 Å². The molecule has 2 heterocycles. The van der Waals surface area contributed by atoms with Gasteiger partial charge in [0.2, 0.25) is 0 Å². The molecule has 152 valence electrons. The van der Waals surface area contributed by atoms with Crippen molar-refractivity contribution in [3.8, 4) is 5.75 Å². The van der Waals surface area contributed by atoms with Crippen LogP contribution >= 0.6 is 0 Å². The number of ether oxygens (including phenoxy) is 1. The van der Waals surface area contributed by atoms with E-state index in [2.05, 4.69) is 21.2 Å². The number of nitrogens with one attached hydrogen (secondary N) is 3. The van der Waals surface area contributed by atoms with Crippen molar-refractivity contribution in [2.75, 3.05) is 7.11 Å². The molecule has 0 radical (unpaired) electrons. The molecular weight excluding hydrogens is 374 g/mol. The molecule has 0 fully saturated rings. The second kappa shape index (κ2) is 8.51. The van der Waals surface area contributed by atoms with Crippen molar-refractivity contribution in [3.63, 3.8) is 0 Å². The topological polar surface area (TPSA) is 110 Å². The second-order valence-corrected chi connectivity index (χ2v) is 6.49. The predicted molar refractivity (Wildman–Crippen MR) is 105 cm³/mol. The zero-order valence-corrected chi connectivity index (χ0v) is 16.6. The molecule has 0 aliphatic heterocycles. The number of hydrogen-bond acceptors (Lipinski definition) is 5. The molecule has 3 amide bonds. The number of benzene rings is 1. The first-order valence-corrected chi connectivity index (χ1v) is 8.94. The van der Waals surface area contributed by atoms with Gasteiger partial charge in [-0.2, -0.15) is 0 Å². The summed E-state index contributed by atoms with van der Waals surface area (Å²) in [5.41, 5.74) is 5.88. The number of rotatable bonds is 5. The molecule has 0 spiro atoms. The zero-order chi connectivity index (χ0) is 21.0. The van der Waals surface area contributed by atoms with Crippen molar-refractivity contribution in [1.82, 2.24) is 25.7 Å². The Kier molecular flexibility index (Phi) is 5.87. The Morgan fingerprint density at radius 2 is 2.00 bits per heavy atom. The van der Waals surface area contributed by atoms with E-state index in [1.807, 2.05) is 31.3 Å². The van der Waals surface area contributed by atoms with Crippen LogP contribution in [-0.4, -0.2) is 28.6 Å². The fourth-order valence-corrected chi connectivity index (χ4v) is 2.98. The van der Waals surface area contributed by atoms with Crippen molar-refractivity contribution in [3.05, 3.63) is 71.2 Å². The van der Waals surface area contributed by atoms with Crippen LogP contribution in [0.3, 0.4) is 0 Å². The smallest absolute Gasteiger partial charge is 0.334 e. The molecule has 9 nitrogen and oxygen atoms in total. The van der Waals surface area contributed by atoms with E-state index < -0.39 is 18.0 Å². The third kappa shape index (κ3) is 4.57. The van der Waals surface area contributed by atoms with E-state index in [1.165, 1.54) is 0 Å². The maximum absolute atomic E-state index is 12.5. The Morgan fingerprint density at radius 1 is 1.21 bits per heavy atom. The molecule has 1 unspecified atom stereocenters. The fourth-order valence-electron chi connectivity index (χ4n) is 2.98. The van der Waals surface area contributed by atoms with Gasteiger partial charge in [0.25, 0.3) is 5.91 Å². The summed E-state index contributed by atoms with van der Waals surface area (Å²) < 4.78 is 12.4. The molecule has 1 aromatic carbocycles. The second-order valence-electron chi connectivity index (χ2n) is 6.49. The Morgan fingerprint density at radius 3 is 2.62 bits per heavy atom. The highest BCUT2D eigenvalue weighted by Gasteiger charge is 2.22. The highest BCUT2D eigenvalue weighted by molar-refractivity contribution is 5.96. The largest absolute Gasteiger partial charge is 0.497 e. The van der Waals surface area contributed by atoms with Gasteiger partial charge in [-0.3, -0.25) is 10.2 Å². The standard InChI is InChI=1S/C20H23N5O4/c1-12-10-16(13(2)29-12)19(26)23-24-20(27)22-17(18-21-8-9-25(18)3)14-6-5-7-15(11-14)28-4/h5-11,17H,1-4H3,(H,23,26)(H2,22,24,27). The van der Waals surface area contributed by atoms with Gasteiger partial charge in [0.15, 0.2) is 0 Å². The fraction of sp³-hybridized carbons (Fsp3) is 0.250. The number of carbonyl (C=O) groups is 2. The predicted octanol–water partition coefficient (Wildman–Crippen LogP) is 2.37. The molecule has 9 heteroatoms. The average molecular weight is 397 g/mol. The van der Waals surface area contributed by atoms with Crippen LogP contribution in [0.1, 0.15) is 39.3 Å². The van der Waals surface area contributed by atoms with Crippen molar-refractivity contribution >= 4 is 11.9 Å². The van der Waals surface area contributed by atoms with Crippen LogP contribution in [0.5, 0.6) is 5.75 Å². The summed E-state index contributed by atoms with van der Waals surface area (Å²) in [5, 5.41) is 2.83. The summed E-state index contributed by atoms with van der Waals surface area (Å²) >= 11 is 0. The van der Waals surface area contributed by atoms with Crippen LogP contribution in [0.4, 0.5) is 4.79 Å². The van der Waals surface area contributed by atoms with Crippen LogP contribution in [0.15, 0.2) is 47.1 Å². The van der Waals surface area contributed by atoms with E-state index in [4.69, 9.17) is 9.15 Å². The molecule has 0 aliphatic carbocycles. The third-order valence-electron chi connectivity index (χ3n) is 4.39. The molecule has 3 rings (SSSR count). The monoisotopic (exact) mass is 397 g/mol. The summed E-state index contributed by atoms with van der Waals surface area (Å²) in [7, 11) is 3.41. The number of aromatic nitrogens is 2. The SMILES string of the molecule is COc1cccc(C(NC(=O)NNC(=O)c2cc(C)oc2C)c2nccn2C)c1. The summed E-state index contributed by atoms with van der Waals surface area (Å²) in [4.78, 5) is 29.1. The molecule has 0 saturated heterocycles. The van der Waals surface area contributed by atoms with Gasteiger partial charge >= 0.3 is 6.03 Å². The first kappa shape index (κ1) is 20.0. The molecule has 2 aromatic heterocycles.